The van der Waals surface area contributed by atoms with E-state index in [1.54, 1.807) is 0 Å². The summed E-state index contributed by atoms with van der Waals surface area (Å²) in [4.78, 5) is 12.3. The van der Waals surface area contributed by atoms with Gasteiger partial charge in [-0.15, -0.1) is 12.4 Å². The molecule has 1 aromatic rings. The van der Waals surface area contributed by atoms with Crippen LogP contribution in [0.1, 0.15) is 24.0 Å². The van der Waals surface area contributed by atoms with Crippen LogP contribution in [0.5, 0.6) is 0 Å². The van der Waals surface area contributed by atoms with Gasteiger partial charge in [-0.2, -0.15) is 0 Å². The smallest absolute Gasteiger partial charge is 0.240 e. The Bertz CT molecular complexity index is 476. The molecule has 1 amide bonds. The standard InChI is InChI=1S/C16H22N2O2.ClH/c17-16(5-7-20-8-6-16)15(19)18-11-12-9-13-3-1-2-4-14(13)10-12;/h1-4,12H,5-11,17H2,(H,18,19);1H. The molecule has 0 aromatic heterocycles. The minimum Gasteiger partial charge on any atom is -0.381 e. The summed E-state index contributed by atoms with van der Waals surface area (Å²) < 4.78 is 5.28. The zero-order valence-corrected chi connectivity index (χ0v) is 13.0. The fourth-order valence-corrected chi connectivity index (χ4v) is 3.17. The van der Waals surface area contributed by atoms with Crippen LogP contribution >= 0.6 is 12.4 Å². The van der Waals surface area contributed by atoms with Gasteiger partial charge in [-0.25, -0.2) is 0 Å². The second-order valence-corrected chi connectivity index (χ2v) is 6.02. The minimum absolute atomic E-state index is 0. The van der Waals surface area contributed by atoms with Crippen molar-refractivity contribution in [3.05, 3.63) is 35.4 Å². The molecule has 116 valence electrons. The molecule has 3 rings (SSSR count). The van der Waals surface area contributed by atoms with Gasteiger partial charge in [0.25, 0.3) is 0 Å². The Balaban J connectivity index is 0.00000161. The van der Waals surface area contributed by atoms with Gasteiger partial charge in [0.2, 0.25) is 5.91 Å². The van der Waals surface area contributed by atoms with E-state index in [4.69, 9.17) is 10.5 Å². The van der Waals surface area contributed by atoms with Gasteiger partial charge in [-0.3, -0.25) is 4.79 Å². The predicted molar refractivity (Wildman–Crippen MR) is 84.6 cm³/mol. The Morgan fingerprint density at radius 3 is 2.38 bits per heavy atom. The highest BCUT2D eigenvalue weighted by Gasteiger charge is 2.36. The zero-order chi connectivity index (χ0) is 14.0. The van der Waals surface area contributed by atoms with Crippen LogP contribution in [0, 0.1) is 5.92 Å². The van der Waals surface area contributed by atoms with E-state index in [1.807, 2.05) is 0 Å². The molecule has 21 heavy (non-hydrogen) atoms. The minimum atomic E-state index is -0.732. The Morgan fingerprint density at radius 1 is 1.24 bits per heavy atom. The molecular weight excluding hydrogens is 288 g/mol. The molecular formula is C16H23ClN2O2. The molecule has 1 fully saturated rings. The highest BCUT2D eigenvalue weighted by atomic mass is 35.5. The zero-order valence-electron chi connectivity index (χ0n) is 12.1. The highest BCUT2D eigenvalue weighted by molar-refractivity contribution is 5.86. The maximum atomic E-state index is 12.3. The molecule has 4 nitrogen and oxygen atoms in total. The van der Waals surface area contributed by atoms with E-state index in [-0.39, 0.29) is 18.3 Å². The van der Waals surface area contributed by atoms with Crippen LogP contribution in [0.2, 0.25) is 0 Å². The molecule has 3 N–H and O–H groups in total. The molecule has 0 bridgehead atoms. The lowest BCUT2D eigenvalue weighted by atomic mass is 9.90. The summed E-state index contributed by atoms with van der Waals surface area (Å²) in [6.45, 7) is 1.88. The van der Waals surface area contributed by atoms with E-state index in [0.29, 0.717) is 38.5 Å². The lowest BCUT2D eigenvalue weighted by Gasteiger charge is -2.32. The highest BCUT2D eigenvalue weighted by Crippen LogP contribution is 2.26. The lowest BCUT2D eigenvalue weighted by Crippen LogP contribution is -2.57. The first-order valence-corrected chi connectivity index (χ1v) is 7.39. The number of nitrogens with two attached hydrogens (primary N) is 1. The third kappa shape index (κ3) is 3.57. The number of hydrogen-bond donors (Lipinski definition) is 2. The van der Waals surface area contributed by atoms with E-state index in [2.05, 4.69) is 29.6 Å². The number of carbonyl (C=O) groups is 1. The number of ether oxygens (including phenoxy) is 1. The average Bonchev–Trinajstić information content (AvgIpc) is 2.88. The van der Waals surface area contributed by atoms with Crippen LogP contribution in [0.4, 0.5) is 0 Å². The fraction of sp³-hybridized carbons (Fsp3) is 0.562. The molecule has 0 atom stereocenters. The van der Waals surface area contributed by atoms with Gasteiger partial charge < -0.3 is 15.8 Å². The first-order valence-electron chi connectivity index (χ1n) is 7.39. The summed E-state index contributed by atoms with van der Waals surface area (Å²) in [5, 5.41) is 3.05. The quantitative estimate of drug-likeness (QED) is 0.888. The summed E-state index contributed by atoms with van der Waals surface area (Å²) in [5.74, 6) is 0.483. The van der Waals surface area contributed by atoms with Crippen molar-refractivity contribution in [1.29, 1.82) is 0 Å². The number of hydrogen-bond acceptors (Lipinski definition) is 3. The molecule has 1 heterocycles. The molecule has 1 aliphatic carbocycles. The molecule has 1 saturated heterocycles. The monoisotopic (exact) mass is 310 g/mol. The molecule has 2 aliphatic rings. The molecule has 0 unspecified atom stereocenters. The first kappa shape index (κ1) is 16.3. The van der Waals surface area contributed by atoms with E-state index >= 15 is 0 Å². The summed E-state index contributed by atoms with van der Waals surface area (Å²) in [5.41, 5.74) is 8.28. The molecule has 5 heteroatoms. The van der Waals surface area contributed by atoms with Crippen LogP contribution in [-0.4, -0.2) is 31.2 Å². The number of halogens is 1. The van der Waals surface area contributed by atoms with E-state index in [1.165, 1.54) is 11.1 Å². The average molecular weight is 311 g/mol. The van der Waals surface area contributed by atoms with Gasteiger partial charge in [-0.1, -0.05) is 24.3 Å². The molecule has 1 aromatic carbocycles. The van der Waals surface area contributed by atoms with E-state index in [0.717, 1.165) is 12.8 Å². The summed E-state index contributed by atoms with van der Waals surface area (Å²) >= 11 is 0. The molecule has 0 radical (unpaired) electrons. The van der Waals surface area contributed by atoms with Gasteiger partial charge in [0.15, 0.2) is 0 Å². The summed E-state index contributed by atoms with van der Waals surface area (Å²) in [6, 6.07) is 8.52. The third-order valence-electron chi connectivity index (χ3n) is 4.52. The topological polar surface area (TPSA) is 64.4 Å². The van der Waals surface area contributed by atoms with Crippen LogP contribution in [0.25, 0.3) is 0 Å². The van der Waals surface area contributed by atoms with Crippen LogP contribution in [0.3, 0.4) is 0 Å². The van der Waals surface area contributed by atoms with Crippen molar-refractivity contribution in [3.63, 3.8) is 0 Å². The van der Waals surface area contributed by atoms with Crippen LogP contribution in [-0.2, 0) is 22.4 Å². The Kier molecular flexibility index (Phi) is 5.25. The number of amides is 1. The molecule has 1 aliphatic heterocycles. The van der Waals surface area contributed by atoms with Crippen LogP contribution in [0.15, 0.2) is 24.3 Å². The number of nitrogens with one attached hydrogen (secondary N) is 1. The van der Waals surface area contributed by atoms with Crippen molar-refractivity contribution in [2.24, 2.45) is 11.7 Å². The summed E-state index contributed by atoms with van der Waals surface area (Å²) in [6.07, 6.45) is 3.34. The van der Waals surface area contributed by atoms with Crippen molar-refractivity contribution < 1.29 is 9.53 Å². The SMILES string of the molecule is Cl.NC1(C(=O)NCC2Cc3ccccc3C2)CCOCC1. The fourth-order valence-electron chi connectivity index (χ4n) is 3.17. The Hall–Kier alpha value is -1.10. The molecule has 0 saturated carbocycles. The largest absolute Gasteiger partial charge is 0.381 e. The van der Waals surface area contributed by atoms with Crippen molar-refractivity contribution in [3.8, 4) is 0 Å². The van der Waals surface area contributed by atoms with E-state index < -0.39 is 5.54 Å². The second-order valence-electron chi connectivity index (χ2n) is 6.02. The predicted octanol–water partition coefficient (Wildman–Crippen LogP) is 1.45. The molecule has 0 spiro atoms. The maximum Gasteiger partial charge on any atom is 0.240 e. The van der Waals surface area contributed by atoms with Crippen LogP contribution < -0.4 is 11.1 Å². The summed E-state index contributed by atoms with van der Waals surface area (Å²) in [7, 11) is 0. The Morgan fingerprint density at radius 2 is 1.81 bits per heavy atom. The van der Waals surface area contributed by atoms with E-state index in [9.17, 15) is 4.79 Å². The van der Waals surface area contributed by atoms with Gasteiger partial charge in [0.05, 0.1) is 5.54 Å². The van der Waals surface area contributed by atoms with Gasteiger partial charge >= 0.3 is 0 Å². The van der Waals surface area contributed by atoms with Gasteiger partial charge in [-0.05, 0) is 42.7 Å². The Labute approximate surface area is 131 Å². The van der Waals surface area contributed by atoms with Crippen molar-refractivity contribution in [2.45, 2.75) is 31.2 Å². The number of fused-ring (bicyclic) bond motifs is 1. The third-order valence-corrected chi connectivity index (χ3v) is 4.52. The number of carbonyl (C=O) groups excluding carboxylic acids is 1. The lowest BCUT2D eigenvalue weighted by molar-refractivity contribution is -0.129. The number of benzene rings is 1. The van der Waals surface area contributed by atoms with Crippen molar-refractivity contribution >= 4 is 18.3 Å². The van der Waals surface area contributed by atoms with Gasteiger partial charge in [0, 0.05) is 19.8 Å². The van der Waals surface area contributed by atoms with Crippen molar-refractivity contribution in [1.82, 2.24) is 5.32 Å². The van der Waals surface area contributed by atoms with Gasteiger partial charge in [0.1, 0.15) is 0 Å². The first-order chi connectivity index (χ1) is 9.67. The maximum absolute atomic E-state index is 12.3. The second kappa shape index (κ2) is 6.77. The number of rotatable bonds is 3. The normalized spacial score (nSPS) is 20.4. The van der Waals surface area contributed by atoms with Crippen molar-refractivity contribution in [2.75, 3.05) is 19.8 Å².